The maximum absolute atomic E-state index is 5.73. The summed E-state index contributed by atoms with van der Waals surface area (Å²) >= 11 is 0. The normalized spacial score (nSPS) is 17.0. The van der Waals surface area contributed by atoms with Gasteiger partial charge in [-0.15, -0.1) is 24.0 Å². The van der Waals surface area contributed by atoms with Gasteiger partial charge in [0, 0.05) is 32.5 Å². The first-order chi connectivity index (χ1) is 11.9. The Morgan fingerprint density at radius 1 is 1.40 bits per heavy atom. The predicted octanol–water partition coefficient (Wildman–Crippen LogP) is 1.83. The summed E-state index contributed by atoms with van der Waals surface area (Å²) in [5, 5.41) is 6.48. The van der Waals surface area contributed by atoms with Gasteiger partial charge in [0.25, 0.3) is 0 Å². The summed E-state index contributed by atoms with van der Waals surface area (Å²) in [7, 11) is 0. The van der Waals surface area contributed by atoms with Crippen molar-refractivity contribution in [2.45, 2.75) is 25.9 Å². The minimum atomic E-state index is 0. The number of pyridine rings is 1. The van der Waals surface area contributed by atoms with Crippen LogP contribution >= 0.6 is 24.0 Å². The van der Waals surface area contributed by atoms with Crippen molar-refractivity contribution in [3.63, 3.8) is 0 Å². The molecule has 0 aromatic carbocycles. The lowest BCUT2D eigenvalue weighted by molar-refractivity contribution is 0.0424. The first-order valence-electron chi connectivity index (χ1n) is 8.63. The molecule has 1 fully saturated rings. The molecule has 0 spiro atoms. The van der Waals surface area contributed by atoms with Gasteiger partial charge in [-0.25, -0.2) is 0 Å². The van der Waals surface area contributed by atoms with Gasteiger partial charge in [0.15, 0.2) is 5.96 Å². The number of aliphatic imine (C=N–C) groups is 1. The molecule has 0 aliphatic carbocycles. The number of nitrogens with zero attached hydrogens (tertiary/aromatic N) is 2. The molecule has 0 radical (unpaired) electrons. The topological polar surface area (TPSA) is 77.0 Å². The molecule has 1 saturated heterocycles. The lowest BCUT2D eigenvalue weighted by atomic mass is 10.3. The van der Waals surface area contributed by atoms with E-state index in [4.69, 9.17) is 14.2 Å². The Morgan fingerprint density at radius 2 is 2.32 bits per heavy atom. The number of guanidine groups is 1. The highest BCUT2D eigenvalue weighted by molar-refractivity contribution is 14.0. The van der Waals surface area contributed by atoms with E-state index in [0.29, 0.717) is 13.2 Å². The van der Waals surface area contributed by atoms with Crippen LogP contribution in [0.3, 0.4) is 0 Å². The lowest BCUT2D eigenvalue weighted by Gasteiger charge is -2.12. The van der Waals surface area contributed by atoms with Gasteiger partial charge >= 0.3 is 0 Å². The van der Waals surface area contributed by atoms with Crippen molar-refractivity contribution in [2.75, 3.05) is 46.1 Å². The van der Waals surface area contributed by atoms with Gasteiger partial charge in [0.1, 0.15) is 12.4 Å². The molecular weight excluding hydrogens is 435 g/mol. The molecule has 0 amide bonds. The van der Waals surface area contributed by atoms with E-state index < -0.39 is 0 Å². The number of hydrogen-bond acceptors (Lipinski definition) is 5. The third-order valence-corrected chi connectivity index (χ3v) is 3.46. The maximum Gasteiger partial charge on any atom is 0.191 e. The van der Waals surface area contributed by atoms with E-state index >= 15 is 0 Å². The molecule has 142 valence electrons. The predicted molar refractivity (Wildman–Crippen MR) is 109 cm³/mol. The molecular formula is C17H29IN4O3. The second kappa shape index (κ2) is 14.1. The number of rotatable bonds is 10. The third-order valence-electron chi connectivity index (χ3n) is 3.46. The summed E-state index contributed by atoms with van der Waals surface area (Å²) in [5.41, 5.74) is 0. The van der Waals surface area contributed by atoms with E-state index in [1.807, 2.05) is 19.1 Å². The van der Waals surface area contributed by atoms with Gasteiger partial charge < -0.3 is 24.8 Å². The summed E-state index contributed by atoms with van der Waals surface area (Å²) in [4.78, 5) is 8.55. The first-order valence-corrected chi connectivity index (χ1v) is 8.63. The minimum Gasteiger partial charge on any atom is -0.490 e. The Kier molecular flexibility index (Phi) is 12.3. The van der Waals surface area contributed by atoms with Crippen LogP contribution in [0.2, 0.25) is 0 Å². The van der Waals surface area contributed by atoms with Crippen LogP contribution in [0.25, 0.3) is 0 Å². The zero-order chi connectivity index (χ0) is 16.9. The summed E-state index contributed by atoms with van der Waals surface area (Å²) in [6.07, 6.45) is 5.60. The number of ether oxygens (including phenoxy) is 3. The third kappa shape index (κ3) is 9.81. The van der Waals surface area contributed by atoms with E-state index in [1.54, 1.807) is 12.4 Å². The number of halogens is 1. The molecule has 0 bridgehead atoms. The quantitative estimate of drug-likeness (QED) is 0.238. The Morgan fingerprint density at radius 3 is 3.04 bits per heavy atom. The van der Waals surface area contributed by atoms with Crippen LogP contribution in [0, 0.1) is 0 Å². The van der Waals surface area contributed by atoms with Crippen LogP contribution in [-0.4, -0.2) is 63.1 Å². The first kappa shape index (κ1) is 21.9. The van der Waals surface area contributed by atoms with Crippen LogP contribution in [0.15, 0.2) is 29.5 Å². The van der Waals surface area contributed by atoms with Gasteiger partial charge in [0.05, 0.1) is 25.5 Å². The van der Waals surface area contributed by atoms with Crippen molar-refractivity contribution in [3.05, 3.63) is 24.5 Å². The standard InChI is InChI=1S/C17H28N4O3.HI/c1-2-19-17(20-8-4-10-23-16-6-11-22-14-16)21-9-12-24-15-5-3-7-18-13-15;/h3,5,7,13,16H,2,4,6,8-12,14H2,1H3,(H2,19,20,21);1H. The minimum absolute atomic E-state index is 0. The fraction of sp³-hybridized carbons (Fsp3) is 0.647. The van der Waals surface area contributed by atoms with E-state index in [-0.39, 0.29) is 30.1 Å². The van der Waals surface area contributed by atoms with Gasteiger partial charge in [-0.1, -0.05) is 0 Å². The van der Waals surface area contributed by atoms with Crippen molar-refractivity contribution in [1.82, 2.24) is 15.6 Å². The number of nitrogens with one attached hydrogen (secondary N) is 2. The SMILES string of the molecule is CCNC(=NCCCOC1CCOC1)NCCOc1cccnc1.I. The second-order valence-corrected chi connectivity index (χ2v) is 5.43. The molecule has 2 rings (SSSR count). The molecule has 1 aliphatic heterocycles. The molecule has 7 nitrogen and oxygen atoms in total. The molecule has 2 heterocycles. The van der Waals surface area contributed by atoms with Crippen LogP contribution in [-0.2, 0) is 9.47 Å². The molecule has 25 heavy (non-hydrogen) atoms. The zero-order valence-electron chi connectivity index (χ0n) is 14.8. The molecule has 1 aromatic rings. The van der Waals surface area contributed by atoms with Gasteiger partial charge in [-0.05, 0) is 31.9 Å². The van der Waals surface area contributed by atoms with Crippen molar-refractivity contribution in [2.24, 2.45) is 4.99 Å². The summed E-state index contributed by atoms with van der Waals surface area (Å²) in [5.74, 6) is 1.57. The largest absolute Gasteiger partial charge is 0.490 e. The van der Waals surface area contributed by atoms with E-state index in [9.17, 15) is 0 Å². The lowest BCUT2D eigenvalue weighted by Crippen LogP contribution is -2.39. The van der Waals surface area contributed by atoms with Crippen molar-refractivity contribution in [1.29, 1.82) is 0 Å². The summed E-state index contributed by atoms with van der Waals surface area (Å²) in [6.45, 7) is 7.10. The Labute approximate surface area is 167 Å². The van der Waals surface area contributed by atoms with E-state index in [2.05, 4.69) is 20.6 Å². The second-order valence-electron chi connectivity index (χ2n) is 5.43. The number of hydrogen-bond donors (Lipinski definition) is 2. The van der Waals surface area contributed by atoms with Crippen LogP contribution in [0.1, 0.15) is 19.8 Å². The molecule has 1 aliphatic rings. The van der Waals surface area contributed by atoms with E-state index in [0.717, 1.165) is 57.5 Å². The Hall–Kier alpha value is -1.13. The Balaban J connectivity index is 0.00000312. The number of aromatic nitrogens is 1. The fourth-order valence-electron chi connectivity index (χ4n) is 2.26. The Bertz CT molecular complexity index is 470. The average molecular weight is 464 g/mol. The highest BCUT2D eigenvalue weighted by atomic mass is 127. The van der Waals surface area contributed by atoms with Crippen molar-refractivity contribution in [3.8, 4) is 5.75 Å². The van der Waals surface area contributed by atoms with Crippen LogP contribution in [0.4, 0.5) is 0 Å². The van der Waals surface area contributed by atoms with Gasteiger partial charge in [-0.3, -0.25) is 9.98 Å². The van der Waals surface area contributed by atoms with Crippen molar-refractivity contribution < 1.29 is 14.2 Å². The molecule has 2 N–H and O–H groups in total. The van der Waals surface area contributed by atoms with Crippen LogP contribution in [0.5, 0.6) is 5.75 Å². The smallest absolute Gasteiger partial charge is 0.191 e. The molecule has 1 aromatic heterocycles. The van der Waals surface area contributed by atoms with E-state index in [1.165, 1.54) is 0 Å². The maximum atomic E-state index is 5.73. The molecule has 1 atom stereocenters. The fourth-order valence-corrected chi connectivity index (χ4v) is 2.26. The van der Waals surface area contributed by atoms with Crippen LogP contribution < -0.4 is 15.4 Å². The molecule has 8 heteroatoms. The molecule has 1 unspecified atom stereocenters. The zero-order valence-corrected chi connectivity index (χ0v) is 17.1. The summed E-state index contributed by atoms with van der Waals surface area (Å²) < 4.78 is 16.6. The highest BCUT2D eigenvalue weighted by Gasteiger charge is 2.15. The van der Waals surface area contributed by atoms with Gasteiger partial charge in [0.2, 0.25) is 0 Å². The average Bonchev–Trinajstić information content (AvgIpc) is 3.12. The molecule has 0 saturated carbocycles. The van der Waals surface area contributed by atoms with Crippen molar-refractivity contribution >= 4 is 29.9 Å². The monoisotopic (exact) mass is 464 g/mol. The van der Waals surface area contributed by atoms with Gasteiger partial charge in [-0.2, -0.15) is 0 Å². The highest BCUT2D eigenvalue weighted by Crippen LogP contribution is 2.08. The summed E-state index contributed by atoms with van der Waals surface area (Å²) in [6, 6.07) is 3.75.